The molecule has 120 valence electrons. The number of hydrogen-bond donors (Lipinski definition) is 1. The Morgan fingerprint density at radius 2 is 1.76 bits per heavy atom. The van der Waals surface area contributed by atoms with Gasteiger partial charge in [0.25, 0.3) is 0 Å². The minimum atomic E-state index is 0.301. The summed E-state index contributed by atoms with van der Waals surface area (Å²) in [6, 6.07) is 8.29. The Hall–Kier alpha value is -1.10. The third kappa shape index (κ3) is 8.71. The number of rotatable bonds is 11. The number of hydrogen-bond acceptors (Lipinski definition) is 4. The Balaban J connectivity index is 2.16. The van der Waals surface area contributed by atoms with Gasteiger partial charge in [-0.2, -0.15) is 0 Å². The summed E-state index contributed by atoms with van der Waals surface area (Å²) in [5.74, 6) is 0.932. The quantitative estimate of drug-likeness (QED) is 0.680. The van der Waals surface area contributed by atoms with E-state index in [1.54, 1.807) is 0 Å². The Kier molecular flexibility index (Phi) is 9.06. The second kappa shape index (κ2) is 10.6. The predicted molar refractivity (Wildman–Crippen MR) is 87.9 cm³/mol. The summed E-state index contributed by atoms with van der Waals surface area (Å²) in [4.78, 5) is 2.22. The van der Waals surface area contributed by atoms with E-state index in [-0.39, 0.29) is 0 Å². The molecule has 4 heteroatoms. The van der Waals surface area contributed by atoms with Crippen LogP contribution in [0.2, 0.25) is 0 Å². The van der Waals surface area contributed by atoms with Gasteiger partial charge in [-0.3, -0.25) is 0 Å². The normalized spacial score (nSPS) is 11.3. The zero-order valence-corrected chi connectivity index (χ0v) is 13.9. The highest BCUT2D eigenvalue weighted by molar-refractivity contribution is 5.27. The molecule has 0 spiro atoms. The van der Waals surface area contributed by atoms with Gasteiger partial charge in [-0.1, -0.05) is 19.1 Å². The number of nitrogens with one attached hydrogen (secondary N) is 1. The molecule has 1 aromatic rings. The highest BCUT2D eigenvalue weighted by Crippen LogP contribution is 2.12. The fraction of sp³-hybridized carbons (Fsp3) is 0.647. The molecule has 1 N–H and O–H groups in total. The molecule has 0 atom stereocenters. The van der Waals surface area contributed by atoms with E-state index in [0.717, 1.165) is 38.5 Å². The first-order valence-corrected chi connectivity index (χ1v) is 7.84. The summed E-state index contributed by atoms with van der Waals surface area (Å²) < 4.78 is 11.3. The molecule has 0 aliphatic rings. The van der Waals surface area contributed by atoms with Crippen LogP contribution < -0.4 is 10.1 Å². The van der Waals surface area contributed by atoms with Gasteiger partial charge in [0.1, 0.15) is 12.4 Å². The van der Waals surface area contributed by atoms with Crippen LogP contribution in [0, 0.1) is 0 Å². The molecule has 0 aromatic heterocycles. The molecule has 0 unspecified atom stereocenters. The molecule has 0 amide bonds. The maximum atomic E-state index is 5.76. The summed E-state index contributed by atoms with van der Waals surface area (Å²) in [6.07, 6.45) is 0.301. The van der Waals surface area contributed by atoms with Crippen molar-refractivity contribution in [1.29, 1.82) is 0 Å². The van der Waals surface area contributed by atoms with Crippen molar-refractivity contribution < 1.29 is 9.47 Å². The van der Waals surface area contributed by atoms with Crippen LogP contribution in [-0.4, -0.2) is 50.9 Å². The molecular formula is C17H30N2O2. The highest BCUT2D eigenvalue weighted by atomic mass is 16.5. The summed E-state index contributed by atoms with van der Waals surface area (Å²) in [7, 11) is 2.09. The maximum Gasteiger partial charge on any atom is 0.119 e. The van der Waals surface area contributed by atoms with Crippen molar-refractivity contribution in [2.75, 3.05) is 39.9 Å². The Bertz CT molecular complexity index is 366. The van der Waals surface area contributed by atoms with Crippen LogP contribution >= 0.6 is 0 Å². The van der Waals surface area contributed by atoms with Gasteiger partial charge in [0.15, 0.2) is 0 Å². The van der Waals surface area contributed by atoms with Crippen LogP contribution in [0.3, 0.4) is 0 Å². The van der Waals surface area contributed by atoms with E-state index < -0.39 is 0 Å². The van der Waals surface area contributed by atoms with E-state index in [2.05, 4.69) is 50.2 Å². The van der Waals surface area contributed by atoms with Crippen LogP contribution in [0.15, 0.2) is 24.3 Å². The minimum absolute atomic E-state index is 0.301. The van der Waals surface area contributed by atoms with E-state index in [0.29, 0.717) is 12.7 Å². The number of nitrogens with zero attached hydrogens (tertiary/aromatic N) is 1. The third-order valence-electron chi connectivity index (χ3n) is 3.17. The molecule has 4 nitrogen and oxygen atoms in total. The molecule has 0 aliphatic heterocycles. The fourth-order valence-corrected chi connectivity index (χ4v) is 1.85. The third-order valence-corrected chi connectivity index (χ3v) is 3.17. The molecule has 0 radical (unpaired) electrons. The summed E-state index contributed by atoms with van der Waals surface area (Å²) in [5.41, 5.74) is 1.28. The first kappa shape index (κ1) is 18.0. The Labute approximate surface area is 129 Å². The number of likely N-dealkylation sites (N-methyl/N-ethyl adjacent to an activating group) is 1. The van der Waals surface area contributed by atoms with Gasteiger partial charge in [0.2, 0.25) is 0 Å². The van der Waals surface area contributed by atoms with Crippen LogP contribution in [0.5, 0.6) is 5.75 Å². The minimum Gasteiger partial charge on any atom is -0.492 e. The average Bonchev–Trinajstić information content (AvgIpc) is 2.46. The van der Waals surface area contributed by atoms with Gasteiger partial charge in [-0.15, -0.1) is 0 Å². The molecule has 0 fully saturated rings. The highest BCUT2D eigenvalue weighted by Gasteiger charge is 2.01. The van der Waals surface area contributed by atoms with Crippen molar-refractivity contribution >= 4 is 0 Å². The topological polar surface area (TPSA) is 33.7 Å². The Morgan fingerprint density at radius 1 is 1.10 bits per heavy atom. The van der Waals surface area contributed by atoms with Crippen LogP contribution in [0.1, 0.15) is 26.3 Å². The van der Waals surface area contributed by atoms with Gasteiger partial charge < -0.3 is 19.7 Å². The van der Waals surface area contributed by atoms with E-state index in [1.165, 1.54) is 5.56 Å². The largest absolute Gasteiger partial charge is 0.492 e. The number of benzene rings is 1. The average molecular weight is 294 g/mol. The van der Waals surface area contributed by atoms with Crippen LogP contribution in [0.25, 0.3) is 0 Å². The van der Waals surface area contributed by atoms with E-state index in [9.17, 15) is 0 Å². The first-order valence-electron chi connectivity index (χ1n) is 7.84. The van der Waals surface area contributed by atoms with Gasteiger partial charge in [-0.25, -0.2) is 0 Å². The van der Waals surface area contributed by atoms with Gasteiger partial charge >= 0.3 is 0 Å². The van der Waals surface area contributed by atoms with E-state index >= 15 is 0 Å². The predicted octanol–water partition coefficient (Wildman–Crippen LogP) is 2.53. The van der Waals surface area contributed by atoms with Gasteiger partial charge in [0.05, 0.1) is 12.7 Å². The summed E-state index contributed by atoms with van der Waals surface area (Å²) in [6.45, 7) is 11.4. The Morgan fingerprint density at radius 3 is 2.38 bits per heavy atom. The summed E-state index contributed by atoms with van der Waals surface area (Å²) in [5, 5.41) is 3.31. The van der Waals surface area contributed by atoms with E-state index in [4.69, 9.17) is 9.47 Å². The molecular weight excluding hydrogens is 264 g/mol. The van der Waals surface area contributed by atoms with Crippen LogP contribution in [-0.2, 0) is 11.3 Å². The lowest BCUT2D eigenvalue weighted by atomic mass is 10.2. The molecule has 1 aromatic carbocycles. The second-order valence-corrected chi connectivity index (χ2v) is 5.50. The molecule has 0 saturated carbocycles. The van der Waals surface area contributed by atoms with Gasteiger partial charge in [0, 0.05) is 19.6 Å². The van der Waals surface area contributed by atoms with E-state index in [1.807, 2.05) is 12.1 Å². The molecule has 21 heavy (non-hydrogen) atoms. The molecule has 1 rings (SSSR count). The standard InChI is InChI=1S/C17H30N2O2/c1-5-18-14-16-6-8-17(9-7-16)21-13-11-19(4)10-12-20-15(2)3/h6-9,15,18H,5,10-14H2,1-4H3. The molecule has 0 heterocycles. The fourth-order valence-electron chi connectivity index (χ4n) is 1.85. The van der Waals surface area contributed by atoms with Crippen molar-refractivity contribution in [2.24, 2.45) is 0 Å². The SMILES string of the molecule is CCNCc1ccc(OCCN(C)CCOC(C)C)cc1. The molecule has 0 aliphatic carbocycles. The summed E-state index contributed by atoms with van der Waals surface area (Å²) >= 11 is 0. The zero-order valence-electron chi connectivity index (χ0n) is 13.9. The van der Waals surface area contributed by atoms with Crippen molar-refractivity contribution in [3.05, 3.63) is 29.8 Å². The van der Waals surface area contributed by atoms with Crippen LogP contribution in [0.4, 0.5) is 0 Å². The number of ether oxygens (including phenoxy) is 2. The second-order valence-electron chi connectivity index (χ2n) is 5.50. The van der Waals surface area contributed by atoms with Crippen molar-refractivity contribution in [2.45, 2.75) is 33.4 Å². The molecule has 0 bridgehead atoms. The maximum absolute atomic E-state index is 5.76. The van der Waals surface area contributed by atoms with Crippen molar-refractivity contribution in [3.8, 4) is 5.75 Å². The zero-order chi connectivity index (χ0) is 15.5. The smallest absolute Gasteiger partial charge is 0.119 e. The lowest BCUT2D eigenvalue weighted by molar-refractivity contribution is 0.0616. The lowest BCUT2D eigenvalue weighted by Gasteiger charge is -2.18. The monoisotopic (exact) mass is 294 g/mol. The van der Waals surface area contributed by atoms with Crippen molar-refractivity contribution in [3.63, 3.8) is 0 Å². The molecule has 0 saturated heterocycles. The van der Waals surface area contributed by atoms with Gasteiger partial charge in [-0.05, 0) is 45.1 Å². The lowest BCUT2D eigenvalue weighted by Crippen LogP contribution is -2.28. The first-order chi connectivity index (χ1) is 10.1. The van der Waals surface area contributed by atoms with Crippen molar-refractivity contribution in [1.82, 2.24) is 10.2 Å².